The van der Waals surface area contributed by atoms with Crippen molar-refractivity contribution in [3.63, 3.8) is 0 Å². The number of rotatable bonds is 6. The molecule has 0 heterocycles. The third kappa shape index (κ3) is 6.09. The molecule has 1 unspecified atom stereocenters. The largest absolute Gasteiger partial charge is 0.456 e. The summed E-state index contributed by atoms with van der Waals surface area (Å²) in [6.07, 6.45) is 7.79. The summed E-state index contributed by atoms with van der Waals surface area (Å²) < 4.78 is 5.97. The van der Waals surface area contributed by atoms with Gasteiger partial charge in [0.05, 0.1) is 5.56 Å². The lowest BCUT2D eigenvalue weighted by Gasteiger charge is -2.37. The number of benzene rings is 1. The highest BCUT2D eigenvalue weighted by Crippen LogP contribution is 2.44. The molecule has 1 aliphatic rings. The molecule has 27 heavy (non-hydrogen) atoms. The smallest absolute Gasteiger partial charge is 0.338 e. The van der Waals surface area contributed by atoms with Gasteiger partial charge >= 0.3 is 5.97 Å². The number of carbonyl (C=O) groups is 1. The first kappa shape index (κ1) is 22.0. The maximum atomic E-state index is 12.9. The van der Waals surface area contributed by atoms with E-state index in [2.05, 4.69) is 60.6 Å². The molecule has 2 rings (SSSR count). The second kappa shape index (κ2) is 8.37. The van der Waals surface area contributed by atoms with E-state index in [-0.39, 0.29) is 22.4 Å². The summed E-state index contributed by atoms with van der Waals surface area (Å²) in [6, 6.07) is 8.19. The minimum Gasteiger partial charge on any atom is -0.456 e. The molecule has 1 aromatic carbocycles. The number of hydrogen-bond acceptors (Lipinski definition) is 2. The summed E-state index contributed by atoms with van der Waals surface area (Å²) in [6.45, 7) is 15.9. The van der Waals surface area contributed by atoms with Crippen LogP contribution in [-0.4, -0.2) is 11.6 Å². The zero-order valence-corrected chi connectivity index (χ0v) is 18.7. The molecule has 0 amide bonds. The Kier molecular flexibility index (Phi) is 6.81. The molecule has 0 spiro atoms. The monoisotopic (exact) mass is 372 g/mol. The molecule has 0 bridgehead atoms. The van der Waals surface area contributed by atoms with Crippen LogP contribution < -0.4 is 0 Å². The zero-order valence-electron chi connectivity index (χ0n) is 18.7. The van der Waals surface area contributed by atoms with Crippen molar-refractivity contribution in [2.75, 3.05) is 0 Å². The summed E-state index contributed by atoms with van der Waals surface area (Å²) in [5.41, 5.74) is 2.09. The number of carbonyl (C=O) groups excluding carboxylic acids is 1. The second-order valence-corrected chi connectivity index (χ2v) is 10.7. The van der Waals surface area contributed by atoms with Crippen molar-refractivity contribution < 1.29 is 9.53 Å². The molecule has 2 nitrogen and oxygen atoms in total. The van der Waals surface area contributed by atoms with Gasteiger partial charge in [-0.25, -0.2) is 4.79 Å². The van der Waals surface area contributed by atoms with E-state index >= 15 is 0 Å². The Balaban J connectivity index is 2.24. The van der Waals surface area contributed by atoms with Crippen LogP contribution >= 0.6 is 0 Å². The van der Waals surface area contributed by atoms with Crippen molar-refractivity contribution in [3.8, 4) is 0 Å². The number of esters is 1. The third-order valence-corrected chi connectivity index (χ3v) is 6.53. The average Bonchev–Trinajstić information content (AvgIpc) is 2.59. The van der Waals surface area contributed by atoms with Crippen LogP contribution in [0.25, 0.3) is 0 Å². The molecule has 1 saturated carbocycles. The lowest BCUT2D eigenvalue weighted by Crippen LogP contribution is -2.34. The van der Waals surface area contributed by atoms with Gasteiger partial charge in [-0.05, 0) is 73.5 Å². The summed E-state index contributed by atoms with van der Waals surface area (Å²) in [5, 5.41) is 0. The molecular formula is C25H40O2. The van der Waals surface area contributed by atoms with Gasteiger partial charge < -0.3 is 4.74 Å². The summed E-state index contributed by atoms with van der Waals surface area (Å²) >= 11 is 0. The van der Waals surface area contributed by atoms with Crippen LogP contribution in [-0.2, 0) is 4.74 Å². The van der Waals surface area contributed by atoms with Crippen molar-refractivity contribution >= 4 is 5.97 Å². The van der Waals surface area contributed by atoms with Crippen LogP contribution in [0.4, 0.5) is 0 Å². The van der Waals surface area contributed by atoms with E-state index < -0.39 is 0 Å². The molecular weight excluding hydrogens is 332 g/mol. The third-order valence-electron chi connectivity index (χ3n) is 6.53. The molecule has 0 aromatic heterocycles. The minimum absolute atomic E-state index is 0.143. The SMILES string of the molecule is CCC(C)(C)CC(c1cccc(C(=O)OC2(C)CCCCC2)c1)C(C)(C)C. The lowest BCUT2D eigenvalue weighted by molar-refractivity contribution is -0.0269. The lowest BCUT2D eigenvalue weighted by atomic mass is 9.68. The Morgan fingerprint density at radius 3 is 2.30 bits per heavy atom. The standard InChI is InChI=1S/C25H40O2/c1-8-24(5,6)18-21(23(2,3)4)19-13-12-14-20(17-19)22(26)27-25(7)15-10-9-11-16-25/h12-14,17,21H,8-11,15-16,18H2,1-7H3. The highest BCUT2D eigenvalue weighted by atomic mass is 16.6. The molecule has 1 fully saturated rings. The Labute approximate surface area is 167 Å². The Morgan fingerprint density at radius 2 is 1.74 bits per heavy atom. The summed E-state index contributed by atoms with van der Waals surface area (Å²) in [7, 11) is 0. The second-order valence-electron chi connectivity index (χ2n) is 10.7. The van der Waals surface area contributed by atoms with Crippen LogP contribution in [0.2, 0.25) is 0 Å². The maximum absolute atomic E-state index is 12.9. The van der Waals surface area contributed by atoms with E-state index in [9.17, 15) is 4.79 Å². The van der Waals surface area contributed by atoms with Gasteiger partial charge in [0.15, 0.2) is 0 Å². The molecule has 1 atom stereocenters. The summed E-state index contributed by atoms with van der Waals surface area (Å²) in [4.78, 5) is 12.9. The fourth-order valence-electron chi connectivity index (χ4n) is 4.19. The molecule has 0 N–H and O–H groups in total. The molecule has 1 aliphatic carbocycles. The molecule has 1 aromatic rings. The van der Waals surface area contributed by atoms with Gasteiger partial charge in [-0.15, -0.1) is 0 Å². The molecule has 0 saturated heterocycles. The van der Waals surface area contributed by atoms with E-state index in [4.69, 9.17) is 4.74 Å². The van der Waals surface area contributed by atoms with Crippen molar-refractivity contribution in [2.45, 2.75) is 105 Å². The van der Waals surface area contributed by atoms with Crippen LogP contribution in [0.5, 0.6) is 0 Å². The number of hydrogen-bond donors (Lipinski definition) is 0. The van der Waals surface area contributed by atoms with Crippen molar-refractivity contribution in [1.82, 2.24) is 0 Å². The Bertz CT molecular complexity index is 630. The molecule has 152 valence electrons. The van der Waals surface area contributed by atoms with Gasteiger partial charge in [-0.1, -0.05) is 66.5 Å². The van der Waals surface area contributed by atoms with Crippen molar-refractivity contribution in [2.24, 2.45) is 10.8 Å². The van der Waals surface area contributed by atoms with Gasteiger partial charge in [-0.2, -0.15) is 0 Å². The number of ether oxygens (including phenoxy) is 1. The highest BCUT2D eigenvalue weighted by Gasteiger charge is 2.33. The fourth-order valence-corrected chi connectivity index (χ4v) is 4.19. The first-order valence-electron chi connectivity index (χ1n) is 10.8. The zero-order chi connectivity index (χ0) is 20.3. The van der Waals surface area contributed by atoms with Gasteiger partial charge in [0.1, 0.15) is 5.60 Å². The van der Waals surface area contributed by atoms with Crippen LogP contribution in [0.3, 0.4) is 0 Å². The molecule has 2 heteroatoms. The van der Waals surface area contributed by atoms with E-state index in [1.54, 1.807) is 0 Å². The predicted molar refractivity (Wildman–Crippen MR) is 114 cm³/mol. The molecule has 0 radical (unpaired) electrons. The topological polar surface area (TPSA) is 26.3 Å². The van der Waals surface area contributed by atoms with E-state index in [0.29, 0.717) is 11.5 Å². The first-order chi connectivity index (χ1) is 12.5. The maximum Gasteiger partial charge on any atom is 0.338 e. The fraction of sp³-hybridized carbons (Fsp3) is 0.720. The first-order valence-corrected chi connectivity index (χ1v) is 10.8. The van der Waals surface area contributed by atoms with Crippen LogP contribution in [0.1, 0.15) is 115 Å². The quantitative estimate of drug-likeness (QED) is 0.483. The van der Waals surface area contributed by atoms with Crippen molar-refractivity contribution in [3.05, 3.63) is 35.4 Å². The van der Waals surface area contributed by atoms with Crippen molar-refractivity contribution in [1.29, 1.82) is 0 Å². The highest BCUT2D eigenvalue weighted by molar-refractivity contribution is 5.90. The van der Waals surface area contributed by atoms with Gasteiger partial charge in [0.2, 0.25) is 0 Å². The minimum atomic E-state index is -0.293. The normalized spacial score (nSPS) is 18.8. The summed E-state index contributed by atoms with van der Waals surface area (Å²) in [5.74, 6) is 0.245. The van der Waals surface area contributed by atoms with E-state index in [0.717, 1.165) is 38.5 Å². The predicted octanol–water partition coefficient (Wildman–Crippen LogP) is 7.52. The van der Waals surface area contributed by atoms with E-state index in [1.165, 1.54) is 12.0 Å². The van der Waals surface area contributed by atoms with Crippen LogP contribution in [0.15, 0.2) is 24.3 Å². The Hall–Kier alpha value is -1.31. The van der Waals surface area contributed by atoms with Crippen LogP contribution in [0, 0.1) is 10.8 Å². The van der Waals surface area contributed by atoms with E-state index in [1.807, 2.05) is 12.1 Å². The average molecular weight is 373 g/mol. The van der Waals surface area contributed by atoms with Gasteiger partial charge in [0.25, 0.3) is 0 Å². The van der Waals surface area contributed by atoms with Gasteiger partial charge in [-0.3, -0.25) is 0 Å². The molecule has 0 aliphatic heterocycles. The Morgan fingerprint density at radius 1 is 1.11 bits per heavy atom. The van der Waals surface area contributed by atoms with Gasteiger partial charge in [0, 0.05) is 0 Å².